The highest BCUT2D eigenvalue weighted by Crippen LogP contribution is 2.17. The van der Waals surface area contributed by atoms with E-state index in [9.17, 15) is 4.39 Å². The van der Waals surface area contributed by atoms with Crippen molar-refractivity contribution >= 4 is 0 Å². The maximum atomic E-state index is 13.9. The smallest absolute Gasteiger partial charge is 0.128 e. The van der Waals surface area contributed by atoms with Crippen LogP contribution in [-0.4, -0.2) is 33.0 Å². The molecule has 0 amide bonds. The third kappa shape index (κ3) is 7.55. The highest BCUT2D eigenvalue weighted by atomic mass is 19.1. The average Bonchev–Trinajstić information content (AvgIpc) is 2.46. The van der Waals surface area contributed by atoms with Gasteiger partial charge in [-0.1, -0.05) is 39.0 Å². The number of hydrogen-bond donors (Lipinski definition) is 1. The predicted octanol–water partition coefficient (Wildman–Crippen LogP) is 3.56. The number of ether oxygens (including phenoxy) is 2. The summed E-state index contributed by atoms with van der Waals surface area (Å²) in [5.41, 5.74) is 0.661. The molecule has 1 rings (SSSR count). The zero-order valence-electron chi connectivity index (χ0n) is 13.4. The van der Waals surface area contributed by atoms with Crippen LogP contribution < -0.4 is 5.32 Å². The van der Waals surface area contributed by atoms with Crippen LogP contribution in [0.15, 0.2) is 24.3 Å². The van der Waals surface area contributed by atoms with Crippen molar-refractivity contribution in [3.8, 4) is 0 Å². The molecule has 0 fully saturated rings. The van der Waals surface area contributed by atoms with Gasteiger partial charge in [-0.25, -0.2) is 4.39 Å². The van der Waals surface area contributed by atoms with Crippen molar-refractivity contribution in [1.82, 2.24) is 5.32 Å². The summed E-state index contributed by atoms with van der Waals surface area (Å²) in [6.45, 7) is 9.47. The van der Waals surface area contributed by atoms with E-state index in [1.165, 1.54) is 6.07 Å². The van der Waals surface area contributed by atoms with Crippen molar-refractivity contribution in [2.75, 3.05) is 33.0 Å². The molecule has 0 aliphatic rings. The van der Waals surface area contributed by atoms with Gasteiger partial charge in [0.15, 0.2) is 0 Å². The molecule has 0 bridgehead atoms. The first-order valence-corrected chi connectivity index (χ1v) is 7.78. The van der Waals surface area contributed by atoms with Crippen LogP contribution in [0, 0.1) is 11.7 Å². The van der Waals surface area contributed by atoms with E-state index in [4.69, 9.17) is 9.47 Å². The highest BCUT2D eigenvalue weighted by Gasteiger charge is 2.14. The largest absolute Gasteiger partial charge is 0.379 e. The molecule has 0 saturated carbocycles. The van der Waals surface area contributed by atoms with Gasteiger partial charge in [0.2, 0.25) is 0 Å². The van der Waals surface area contributed by atoms with Crippen molar-refractivity contribution in [3.63, 3.8) is 0 Å². The van der Waals surface area contributed by atoms with Crippen molar-refractivity contribution in [3.05, 3.63) is 35.6 Å². The fourth-order valence-corrected chi connectivity index (χ4v) is 1.97. The van der Waals surface area contributed by atoms with E-state index >= 15 is 0 Å². The van der Waals surface area contributed by atoms with Gasteiger partial charge in [0.1, 0.15) is 5.82 Å². The van der Waals surface area contributed by atoms with Crippen LogP contribution in [0.25, 0.3) is 0 Å². The van der Waals surface area contributed by atoms with Gasteiger partial charge in [0.25, 0.3) is 0 Å². The summed E-state index contributed by atoms with van der Waals surface area (Å²) in [6, 6.07) is 6.74. The quantitative estimate of drug-likeness (QED) is 0.634. The Kier molecular flexibility index (Phi) is 9.22. The topological polar surface area (TPSA) is 30.5 Å². The minimum absolute atomic E-state index is 0.115. The Bertz CT molecular complexity index is 385. The van der Waals surface area contributed by atoms with Gasteiger partial charge in [-0.2, -0.15) is 0 Å². The summed E-state index contributed by atoms with van der Waals surface area (Å²) in [5, 5.41) is 3.33. The van der Waals surface area contributed by atoms with Crippen LogP contribution in [0.2, 0.25) is 0 Å². The fraction of sp³-hybridized carbons (Fsp3) is 0.647. The van der Waals surface area contributed by atoms with E-state index in [-0.39, 0.29) is 11.9 Å². The molecule has 1 atom stereocenters. The second-order valence-electron chi connectivity index (χ2n) is 5.57. The molecular formula is C17H28FNO2. The van der Waals surface area contributed by atoms with Gasteiger partial charge in [-0.05, 0) is 24.9 Å². The van der Waals surface area contributed by atoms with Gasteiger partial charge in [-0.3, -0.25) is 0 Å². The molecule has 120 valence electrons. The molecule has 0 aromatic heterocycles. The molecule has 1 unspecified atom stereocenters. The van der Waals surface area contributed by atoms with Crippen molar-refractivity contribution in [2.24, 2.45) is 5.92 Å². The normalized spacial score (nSPS) is 12.8. The molecule has 4 heteroatoms. The Morgan fingerprint density at radius 3 is 2.38 bits per heavy atom. The Labute approximate surface area is 127 Å². The first-order chi connectivity index (χ1) is 10.1. The minimum Gasteiger partial charge on any atom is -0.379 e. The molecule has 1 aromatic rings. The molecular weight excluding hydrogens is 269 g/mol. The van der Waals surface area contributed by atoms with E-state index in [0.29, 0.717) is 31.3 Å². The lowest BCUT2D eigenvalue weighted by molar-refractivity contribution is 0.0299. The lowest BCUT2D eigenvalue weighted by atomic mass is 10.1. The molecule has 1 N–H and O–H groups in total. The van der Waals surface area contributed by atoms with Crippen molar-refractivity contribution < 1.29 is 13.9 Å². The van der Waals surface area contributed by atoms with E-state index in [2.05, 4.69) is 26.1 Å². The van der Waals surface area contributed by atoms with Gasteiger partial charge in [0.05, 0.1) is 25.9 Å². The van der Waals surface area contributed by atoms with Crippen molar-refractivity contribution in [1.29, 1.82) is 0 Å². The first kappa shape index (κ1) is 18.1. The summed E-state index contributed by atoms with van der Waals surface area (Å²) in [5.74, 6) is 0.341. The van der Waals surface area contributed by atoms with Crippen LogP contribution in [0.5, 0.6) is 0 Å². The monoisotopic (exact) mass is 297 g/mol. The van der Waals surface area contributed by atoms with E-state index in [1.54, 1.807) is 12.1 Å². The lowest BCUT2D eigenvalue weighted by Gasteiger charge is -2.19. The Hall–Kier alpha value is -0.970. The third-order valence-electron chi connectivity index (χ3n) is 3.03. The average molecular weight is 297 g/mol. The zero-order chi connectivity index (χ0) is 15.5. The standard InChI is InChI=1S/C17H28FNO2/c1-4-9-19-17(15-7-5-6-8-16(15)18)13-21-11-10-20-12-14(2)3/h5-8,14,17,19H,4,9-13H2,1-3H3. The van der Waals surface area contributed by atoms with Gasteiger partial charge >= 0.3 is 0 Å². The van der Waals surface area contributed by atoms with Crippen LogP contribution in [-0.2, 0) is 9.47 Å². The maximum absolute atomic E-state index is 13.9. The van der Waals surface area contributed by atoms with Crippen LogP contribution >= 0.6 is 0 Å². The first-order valence-electron chi connectivity index (χ1n) is 7.78. The van der Waals surface area contributed by atoms with Crippen LogP contribution in [0.4, 0.5) is 4.39 Å². The van der Waals surface area contributed by atoms with Crippen molar-refractivity contribution in [2.45, 2.75) is 33.2 Å². The maximum Gasteiger partial charge on any atom is 0.128 e. The summed E-state index contributed by atoms with van der Waals surface area (Å²) < 4.78 is 25.0. The molecule has 0 heterocycles. The van der Waals surface area contributed by atoms with Gasteiger partial charge in [-0.15, -0.1) is 0 Å². The molecule has 3 nitrogen and oxygen atoms in total. The Balaban J connectivity index is 2.39. The van der Waals surface area contributed by atoms with E-state index in [0.717, 1.165) is 19.6 Å². The molecule has 0 radical (unpaired) electrons. The summed E-state index contributed by atoms with van der Waals surface area (Å²) in [7, 11) is 0. The van der Waals surface area contributed by atoms with Gasteiger partial charge < -0.3 is 14.8 Å². The molecule has 0 saturated heterocycles. The molecule has 0 aliphatic carbocycles. The van der Waals surface area contributed by atoms with E-state index < -0.39 is 0 Å². The highest BCUT2D eigenvalue weighted by molar-refractivity contribution is 5.21. The Morgan fingerprint density at radius 2 is 1.76 bits per heavy atom. The number of rotatable bonds is 11. The number of halogens is 1. The lowest BCUT2D eigenvalue weighted by Crippen LogP contribution is -2.27. The van der Waals surface area contributed by atoms with Crippen LogP contribution in [0.3, 0.4) is 0 Å². The summed E-state index contributed by atoms with van der Waals surface area (Å²) in [4.78, 5) is 0. The number of benzene rings is 1. The zero-order valence-corrected chi connectivity index (χ0v) is 13.4. The van der Waals surface area contributed by atoms with Crippen LogP contribution in [0.1, 0.15) is 38.8 Å². The summed E-state index contributed by atoms with van der Waals surface area (Å²) in [6.07, 6.45) is 1.00. The molecule has 21 heavy (non-hydrogen) atoms. The number of nitrogens with one attached hydrogen (secondary N) is 1. The molecule has 1 aromatic carbocycles. The van der Waals surface area contributed by atoms with E-state index in [1.807, 2.05) is 6.07 Å². The predicted molar refractivity (Wildman–Crippen MR) is 83.9 cm³/mol. The second-order valence-corrected chi connectivity index (χ2v) is 5.57. The SMILES string of the molecule is CCCNC(COCCOCC(C)C)c1ccccc1F. The summed E-state index contributed by atoms with van der Waals surface area (Å²) >= 11 is 0. The number of hydrogen-bond acceptors (Lipinski definition) is 3. The Morgan fingerprint density at radius 1 is 1.10 bits per heavy atom. The fourth-order valence-electron chi connectivity index (χ4n) is 1.97. The molecule has 0 aliphatic heterocycles. The third-order valence-corrected chi connectivity index (χ3v) is 3.03. The van der Waals surface area contributed by atoms with Gasteiger partial charge in [0, 0.05) is 12.2 Å². The second kappa shape index (κ2) is 10.7. The minimum atomic E-state index is -0.189. The molecule has 0 spiro atoms.